The number of hydrogen-bond donors (Lipinski definition) is 0. The summed E-state index contributed by atoms with van der Waals surface area (Å²) in [5.41, 5.74) is 2.20. The maximum Gasteiger partial charge on any atom is 0.398 e. The standard InChI is InChI=1S/C22H18F4OS/c1-15-10-20(23)19(12-21(15)28-14-22(24,25)26)17-7-5-6-16(11-17)13-27-18-8-3-2-4-9-18/h2-12H,13-14H2,1H3. The van der Waals surface area contributed by atoms with Gasteiger partial charge in [-0.2, -0.15) is 13.2 Å². The van der Waals surface area contributed by atoms with Gasteiger partial charge in [0.15, 0.2) is 0 Å². The Kier molecular flexibility index (Phi) is 6.29. The lowest BCUT2D eigenvalue weighted by Gasteiger charge is -2.13. The van der Waals surface area contributed by atoms with Crippen LogP contribution in [0.3, 0.4) is 0 Å². The van der Waals surface area contributed by atoms with Crippen molar-refractivity contribution in [3.8, 4) is 16.9 Å². The molecule has 146 valence electrons. The van der Waals surface area contributed by atoms with Gasteiger partial charge in [0.2, 0.25) is 0 Å². The minimum atomic E-state index is -4.28. The Morgan fingerprint density at radius 2 is 1.68 bits per heavy atom. The molecule has 3 aromatic rings. The molecule has 0 aliphatic carbocycles. The second-order valence-electron chi connectivity index (χ2n) is 6.30. The van der Waals surface area contributed by atoms with Gasteiger partial charge in [0.05, 0.1) is 5.75 Å². The molecule has 0 atom stereocenters. The van der Waals surface area contributed by atoms with Crippen LogP contribution in [0.1, 0.15) is 11.1 Å². The maximum atomic E-state index is 14.5. The molecule has 0 aliphatic heterocycles. The number of hydrogen-bond acceptors (Lipinski definition) is 2. The van der Waals surface area contributed by atoms with E-state index in [9.17, 15) is 17.6 Å². The van der Waals surface area contributed by atoms with E-state index in [0.29, 0.717) is 34.4 Å². The van der Waals surface area contributed by atoms with Gasteiger partial charge in [-0.25, -0.2) is 4.39 Å². The van der Waals surface area contributed by atoms with Gasteiger partial charge < -0.3 is 4.74 Å². The summed E-state index contributed by atoms with van der Waals surface area (Å²) in [5, 5.41) is 0. The Balaban J connectivity index is 1.82. The summed E-state index contributed by atoms with van der Waals surface area (Å²) in [6.07, 6.45) is -4.28. The highest BCUT2D eigenvalue weighted by Gasteiger charge is 2.27. The summed E-state index contributed by atoms with van der Waals surface area (Å²) in [5.74, 6) is -0.751. The van der Waals surface area contributed by atoms with Crippen LogP contribution in [0.15, 0.2) is 71.6 Å². The highest BCUT2D eigenvalue weighted by molar-refractivity contribution is 7.99. The predicted octanol–water partition coefficient (Wildman–Crippen LogP) is 7.03. The van der Waals surface area contributed by atoms with Crippen molar-refractivity contribution in [3.05, 3.63) is 83.7 Å². The molecule has 28 heavy (non-hydrogen) atoms. The average molecular weight is 406 g/mol. The van der Waals surface area contributed by atoms with Gasteiger partial charge in [0, 0.05) is 10.5 Å². The Bertz CT molecular complexity index is 939. The highest BCUT2D eigenvalue weighted by Crippen LogP contribution is 2.34. The fourth-order valence-electron chi connectivity index (χ4n) is 2.70. The normalized spacial score (nSPS) is 11.5. The topological polar surface area (TPSA) is 9.23 Å². The number of para-hydroxylation sites is 1. The van der Waals surface area contributed by atoms with Crippen LogP contribution in [0.25, 0.3) is 11.1 Å². The third-order valence-electron chi connectivity index (χ3n) is 4.04. The maximum absolute atomic E-state index is 14.5. The van der Waals surface area contributed by atoms with Crippen molar-refractivity contribution < 1.29 is 22.3 Å². The fraction of sp³-hybridized carbons (Fsp3) is 0.182. The van der Waals surface area contributed by atoms with E-state index in [1.54, 1.807) is 25.1 Å². The van der Waals surface area contributed by atoms with Gasteiger partial charge in [-0.3, -0.25) is 0 Å². The van der Waals surface area contributed by atoms with Crippen molar-refractivity contribution in [1.82, 2.24) is 0 Å². The van der Waals surface area contributed by atoms with E-state index in [2.05, 4.69) is 0 Å². The first-order valence-corrected chi connectivity index (χ1v) is 9.57. The van der Waals surface area contributed by atoms with Crippen LogP contribution in [-0.2, 0) is 6.61 Å². The third kappa shape index (κ3) is 5.52. The Hall–Kier alpha value is -2.47. The lowest BCUT2D eigenvalue weighted by atomic mass is 10.0. The molecule has 3 rings (SSSR count). The first-order valence-electron chi connectivity index (χ1n) is 8.59. The van der Waals surface area contributed by atoms with Crippen molar-refractivity contribution in [2.75, 3.05) is 5.75 Å². The fourth-order valence-corrected chi connectivity index (χ4v) is 3.51. The molecule has 1 nitrogen and oxygen atoms in total. The molecule has 3 aromatic carbocycles. The van der Waals surface area contributed by atoms with Crippen molar-refractivity contribution in [2.45, 2.75) is 24.6 Å². The molecule has 0 saturated carbocycles. The number of ether oxygens (including phenoxy) is 1. The summed E-state index contributed by atoms with van der Waals surface area (Å²) in [7, 11) is 0. The van der Waals surface area contributed by atoms with E-state index in [4.69, 9.17) is 4.74 Å². The number of thioether (sulfide) groups is 1. The zero-order chi connectivity index (χ0) is 20.1. The van der Waals surface area contributed by atoms with E-state index in [1.165, 1.54) is 12.1 Å². The largest absolute Gasteiger partial charge is 0.489 e. The van der Waals surface area contributed by atoms with Crippen LogP contribution in [0, 0.1) is 12.7 Å². The van der Waals surface area contributed by atoms with E-state index < -0.39 is 17.7 Å². The Labute approximate surface area is 165 Å². The molecule has 0 aromatic heterocycles. The molecule has 0 spiro atoms. The molecule has 0 N–H and O–H groups in total. The van der Waals surface area contributed by atoms with Crippen LogP contribution in [0.4, 0.5) is 17.6 Å². The van der Waals surface area contributed by atoms with E-state index in [1.807, 2.05) is 36.4 Å². The van der Waals surface area contributed by atoms with Crippen LogP contribution in [0.5, 0.6) is 5.75 Å². The van der Waals surface area contributed by atoms with Crippen LogP contribution in [0.2, 0.25) is 0 Å². The molecule has 0 saturated heterocycles. The molecule has 6 heteroatoms. The second-order valence-corrected chi connectivity index (χ2v) is 7.32. The van der Waals surface area contributed by atoms with Crippen LogP contribution >= 0.6 is 11.8 Å². The molecule has 0 fully saturated rings. The molecule has 0 amide bonds. The molecular formula is C22H18F4OS. The molecule has 0 radical (unpaired) electrons. The van der Waals surface area contributed by atoms with E-state index >= 15 is 0 Å². The van der Waals surface area contributed by atoms with Crippen molar-refractivity contribution in [2.24, 2.45) is 0 Å². The lowest BCUT2D eigenvalue weighted by Crippen LogP contribution is -2.10. The van der Waals surface area contributed by atoms with Crippen molar-refractivity contribution >= 4 is 11.8 Å². The average Bonchev–Trinajstić information content (AvgIpc) is 2.66. The minimum Gasteiger partial charge on any atom is -0.489 e. The number of aryl methyl sites for hydroxylation is 1. The van der Waals surface area contributed by atoms with E-state index in [-0.39, 0.29) is 5.56 Å². The Morgan fingerprint density at radius 1 is 0.929 bits per heavy atom. The van der Waals surface area contributed by atoms with Gasteiger partial charge in [-0.05, 0) is 53.9 Å². The molecule has 0 heterocycles. The van der Waals surface area contributed by atoms with Crippen molar-refractivity contribution in [1.29, 1.82) is 0 Å². The third-order valence-corrected chi connectivity index (χ3v) is 5.27. The van der Waals surface area contributed by atoms with Crippen LogP contribution in [-0.4, -0.2) is 11.9 Å². The SMILES string of the molecule is Cc1cc(F)c(-c2cccc(COc3ccccc3)c2)cc1SCC(F)(F)F. The summed E-state index contributed by atoms with van der Waals surface area (Å²) in [4.78, 5) is 0.416. The quantitative estimate of drug-likeness (QED) is 0.321. The number of benzene rings is 3. The molecule has 0 unspecified atom stereocenters. The number of rotatable bonds is 6. The highest BCUT2D eigenvalue weighted by atomic mass is 32.2. The van der Waals surface area contributed by atoms with Crippen LogP contribution < -0.4 is 4.74 Å². The monoisotopic (exact) mass is 406 g/mol. The summed E-state index contributed by atoms with van der Waals surface area (Å²) in [6, 6.07) is 19.2. The summed E-state index contributed by atoms with van der Waals surface area (Å²) < 4.78 is 57.9. The summed E-state index contributed by atoms with van der Waals surface area (Å²) in [6.45, 7) is 1.91. The van der Waals surface area contributed by atoms with E-state index in [0.717, 1.165) is 11.3 Å². The predicted molar refractivity (Wildman–Crippen MR) is 104 cm³/mol. The van der Waals surface area contributed by atoms with Crippen molar-refractivity contribution in [3.63, 3.8) is 0 Å². The number of alkyl halides is 3. The van der Waals surface area contributed by atoms with Gasteiger partial charge >= 0.3 is 6.18 Å². The first-order chi connectivity index (χ1) is 13.3. The minimum absolute atomic E-state index is 0.275. The zero-order valence-corrected chi connectivity index (χ0v) is 15.9. The number of halogens is 4. The summed E-state index contributed by atoms with van der Waals surface area (Å²) >= 11 is 0.667. The first kappa shape index (κ1) is 20.3. The zero-order valence-electron chi connectivity index (χ0n) is 15.1. The Morgan fingerprint density at radius 3 is 2.39 bits per heavy atom. The second kappa shape index (κ2) is 8.69. The molecular weight excluding hydrogens is 388 g/mol. The lowest BCUT2D eigenvalue weighted by molar-refractivity contribution is -0.105. The molecule has 0 aliphatic rings. The molecule has 0 bridgehead atoms. The van der Waals surface area contributed by atoms with Gasteiger partial charge in [-0.1, -0.05) is 36.4 Å². The van der Waals surface area contributed by atoms with Gasteiger partial charge in [-0.15, -0.1) is 11.8 Å². The van der Waals surface area contributed by atoms with Gasteiger partial charge in [0.25, 0.3) is 0 Å². The van der Waals surface area contributed by atoms with Gasteiger partial charge in [0.1, 0.15) is 18.2 Å². The smallest absolute Gasteiger partial charge is 0.398 e.